The molecule has 2 amide bonds. The highest BCUT2D eigenvalue weighted by molar-refractivity contribution is 6.10. The number of para-hydroxylation sites is 3. The fraction of sp³-hybridized carbons (Fsp3) is 0.0909. The second kappa shape index (κ2) is 9.33. The highest BCUT2D eigenvalue weighted by Gasteiger charge is 2.17. The van der Waals surface area contributed by atoms with Crippen molar-refractivity contribution in [3.63, 3.8) is 0 Å². The molecule has 0 fully saturated rings. The molecule has 30 heavy (non-hydrogen) atoms. The number of aryl methyl sites for hydroxylation is 1. The molecule has 0 aliphatic rings. The Morgan fingerprint density at radius 1 is 0.967 bits per heavy atom. The van der Waals surface area contributed by atoms with Crippen molar-refractivity contribution in [1.82, 2.24) is 0 Å². The van der Waals surface area contributed by atoms with Gasteiger partial charge in [-0.2, -0.15) is 0 Å². The number of benzene rings is 3. The molecule has 0 bridgehead atoms. The molecule has 8 nitrogen and oxygen atoms in total. The van der Waals surface area contributed by atoms with E-state index in [2.05, 4.69) is 10.6 Å². The van der Waals surface area contributed by atoms with Crippen molar-refractivity contribution in [2.75, 3.05) is 17.2 Å². The van der Waals surface area contributed by atoms with Gasteiger partial charge in [0.25, 0.3) is 11.8 Å². The van der Waals surface area contributed by atoms with Crippen molar-refractivity contribution in [1.29, 1.82) is 0 Å². The first-order chi connectivity index (χ1) is 14.4. The van der Waals surface area contributed by atoms with E-state index in [0.29, 0.717) is 11.4 Å². The SMILES string of the molecule is Cc1cccc(NC(=O)c2ccccc2NC(=O)COc2ccccc2[N+](=O)[O-])c1. The van der Waals surface area contributed by atoms with Crippen molar-refractivity contribution in [3.8, 4) is 5.75 Å². The molecule has 0 unspecified atom stereocenters. The van der Waals surface area contributed by atoms with Crippen molar-refractivity contribution in [2.45, 2.75) is 6.92 Å². The average molecular weight is 405 g/mol. The van der Waals surface area contributed by atoms with Gasteiger partial charge in [0.2, 0.25) is 0 Å². The lowest BCUT2D eigenvalue weighted by Gasteiger charge is -2.12. The molecule has 0 heterocycles. The maximum Gasteiger partial charge on any atom is 0.310 e. The molecule has 3 aromatic rings. The number of nitrogens with one attached hydrogen (secondary N) is 2. The average Bonchev–Trinajstić information content (AvgIpc) is 2.72. The van der Waals surface area contributed by atoms with Crippen molar-refractivity contribution >= 4 is 28.9 Å². The van der Waals surface area contributed by atoms with Crippen LogP contribution >= 0.6 is 0 Å². The van der Waals surface area contributed by atoms with E-state index in [4.69, 9.17) is 4.74 Å². The molecule has 0 radical (unpaired) electrons. The zero-order valence-electron chi connectivity index (χ0n) is 16.1. The first-order valence-corrected chi connectivity index (χ1v) is 9.07. The number of ether oxygens (including phenoxy) is 1. The van der Waals surface area contributed by atoms with E-state index in [1.165, 1.54) is 18.2 Å². The van der Waals surface area contributed by atoms with Gasteiger partial charge in [0.05, 0.1) is 16.2 Å². The van der Waals surface area contributed by atoms with Crippen LogP contribution in [0, 0.1) is 17.0 Å². The molecular weight excluding hydrogens is 386 g/mol. The van der Waals surface area contributed by atoms with E-state index in [1.54, 1.807) is 36.4 Å². The number of rotatable bonds is 7. The van der Waals surface area contributed by atoms with Crippen LogP contribution < -0.4 is 15.4 Å². The number of hydrogen-bond donors (Lipinski definition) is 2. The van der Waals surface area contributed by atoms with Gasteiger partial charge < -0.3 is 15.4 Å². The molecule has 3 rings (SSSR count). The molecule has 0 atom stereocenters. The maximum atomic E-state index is 12.7. The van der Waals surface area contributed by atoms with Gasteiger partial charge in [-0.15, -0.1) is 0 Å². The van der Waals surface area contributed by atoms with Gasteiger partial charge in [0, 0.05) is 11.8 Å². The molecular formula is C22H19N3O5. The Bertz CT molecular complexity index is 1100. The minimum Gasteiger partial charge on any atom is -0.477 e. The Hall–Kier alpha value is -4.20. The maximum absolute atomic E-state index is 12.7. The molecule has 0 spiro atoms. The summed E-state index contributed by atoms with van der Waals surface area (Å²) in [5.74, 6) is -0.941. The molecule has 0 saturated carbocycles. The van der Waals surface area contributed by atoms with Gasteiger partial charge >= 0.3 is 5.69 Å². The molecule has 0 saturated heterocycles. The van der Waals surface area contributed by atoms with E-state index in [9.17, 15) is 19.7 Å². The third kappa shape index (κ3) is 5.20. The van der Waals surface area contributed by atoms with Gasteiger partial charge in [0.1, 0.15) is 0 Å². The third-order valence-electron chi connectivity index (χ3n) is 4.14. The number of anilines is 2. The second-order valence-corrected chi connectivity index (χ2v) is 6.43. The number of carbonyl (C=O) groups is 2. The first kappa shape index (κ1) is 20.5. The highest BCUT2D eigenvalue weighted by atomic mass is 16.6. The van der Waals surface area contributed by atoms with Gasteiger partial charge in [-0.1, -0.05) is 36.4 Å². The number of nitro groups is 1. The molecule has 152 valence electrons. The van der Waals surface area contributed by atoms with Crippen LogP contribution in [-0.4, -0.2) is 23.3 Å². The fourth-order valence-corrected chi connectivity index (χ4v) is 2.77. The molecule has 0 aliphatic heterocycles. The number of hydrogen-bond acceptors (Lipinski definition) is 5. The zero-order valence-corrected chi connectivity index (χ0v) is 16.1. The van der Waals surface area contributed by atoms with E-state index in [0.717, 1.165) is 5.56 Å². The Morgan fingerprint density at radius 3 is 2.47 bits per heavy atom. The summed E-state index contributed by atoms with van der Waals surface area (Å²) in [5, 5.41) is 16.4. The van der Waals surface area contributed by atoms with Gasteiger partial charge in [-0.3, -0.25) is 19.7 Å². The molecule has 8 heteroatoms. The van der Waals surface area contributed by atoms with Crippen LogP contribution in [0.3, 0.4) is 0 Å². The minimum atomic E-state index is -0.585. The summed E-state index contributed by atoms with van der Waals surface area (Å²) >= 11 is 0. The Labute approximate surface area is 172 Å². The fourth-order valence-electron chi connectivity index (χ4n) is 2.77. The topological polar surface area (TPSA) is 111 Å². The van der Waals surface area contributed by atoms with Crippen LogP contribution in [0.4, 0.5) is 17.1 Å². The predicted octanol–water partition coefficient (Wildman–Crippen LogP) is 4.17. The van der Waals surface area contributed by atoms with E-state index in [-0.39, 0.29) is 22.9 Å². The van der Waals surface area contributed by atoms with Crippen molar-refractivity contribution in [3.05, 3.63) is 94.0 Å². The standard InChI is InChI=1S/C22H19N3O5/c1-15-7-6-8-16(13-15)23-22(27)17-9-2-3-10-18(17)24-21(26)14-30-20-12-5-4-11-19(20)25(28)29/h2-13H,14H2,1H3,(H,23,27)(H,24,26). The van der Waals surface area contributed by atoms with Gasteiger partial charge in [0.15, 0.2) is 12.4 Å². The molecule has 3 aromatic carbocycles. The van der Waals surface area contributed by atoms with Gasteiger partial charge in [-0.05, 0) is 42.8 Å². The van der Waals surface area contributed by atoms with E-state index < -0.39 is 17.4 Å². The third-order valence-corrected chi connectivity index (χ3v) is 4.14. The lowest BCUT2D eigenvalue weighted by molar-refractivity contribution is -0.385. The lowest BCUT2D eigenvalue weighted by Crippen LogP contribution is -2.23. The summed E-state index contributed by atoms with van der Waals surface area (Å²) in [4.78, 5) is 35.4. The first-order valence-electron chi connectivity index (χ1n) is 9.07. The monoisotopic (exact) mass is 405 g/mol. The lowest BCUT2D eigenvalue weighted by atomic mass is 10.1. The smallest absolute Gasteiger partial charge is 0.310 e. The normalized spacial score (nSPS) is 10.2. The number of carbonyl (C=O) groups excluding carboxylic acids is 2. The number of nitro benzene ring substituents is 1. The highest BCUT2D eigenvalue weighted by Crippen LogP contribution is 2.26. The Balaban J connectivity index is 1.68. The second-order valence-electron chi connectivity index (χ2n) is 6.43. The van der Waals surface area contributed by atoms with Crippen LogP contribution in [0.1, 0.15) is 15.9 Å². The zero-order chi connectivity index (χ0) is 21.5. The van der Waals surface area contributed by atoms with Crippen LogP contribution in [0.15, 0.2) is 72.8 Å². The van der Waals surface area contributed by atoms with Crippen LogP contribution in [-0.2, 0) is 4.79 Å². The van der Waals surface area contributed by atoms with E-state index in [1.807, 2.05) is 25.1 Å². The molecule has 2 N–H and O–H groups in total. The van der Waals surface area contributed by atoms with Crippen LogP contribution in [0.5, 0.6) is 5.75 Å². The summed E-state index contributed by atoms with van der Waals surface area (Å²) in [6.45, 7) is 1.47. The van der Waals surface area contributed by atoms with Crippen molar-refractivity contribution in [2.24, 2.45) is 0 Å². The largest absolute Gasteiger partial charge is 0.477 e. The summed E-state index contributed by atoms with van der Waals surface area (Å²) in [7, 11) is 0. The summed E-state index contributed by atoms with van der Waals surface area (Å²) in [6, 6.07) is 19.7. The Morgan fingerprint density at radius 2 is 1.70 bits per heavy atom. The molecule has 0 aliphatic carbocycles. The minimum absolute atomic E-state index is 0.0110. The van der Waals surface area contributed by atoms with Crippen molar-refractivity contribution < 1.29 is 19.2 Å². The summed E-state index contributed by atoms with van der Waals surface area (Å²) in [6.07, 6.45) is 0. The van der Waals surface area contributed by atoms with Crippen LogP contribution in [0.2, 0.25) is 0 Å². The Kier molecular flexibility index (Phi) is 6.39. The summed E-state index contributed by atoms with van der Waals surface area (Å²) < 4.78 is 5.29. The summed E-state index contributed by atoms with van der Waals surface area (Å²) in [5.41, 5.74) is 1.99. The number of amides is 2. The quantitative estimate of drug-likeness (QED) is 0.453. The molecule has 0 aromatic heterocycles. The van der Waals surface area contributed by atoms with Crippen LogP contribution in [0.25, 0.3) is 0 Å². The number of nitrogens with zero attached hydrogens (tertiary/aromatic N) is 1. The predicted molar refractivity (Wildman–Crippen MR) is 113 cm³/mol. The van der Waals surface area contributed by atoms with Gasteiger partial charge in [-0.25, -0.2) is 0 Å². The van der Waals surface area contributed by atoms with E-state index >= 15 is 0 Å².